The first-order chi connectivity index (χ1) is 25.3. The SMILES string of the molecule is CCCCN(CCC)CCC1(CCc2ccccc2)CCN(Cc2cc(OC)c(OC)c(OC)c2)C1=O.CCOCCn1c(C)nc2ccccc21. The van der Waals surface area contributed by atoms with E-state index in [9.17, 15) is 4.79 Å². The summed E-state index contributed by atoms with van der Waals surface area (Å²) in [6.45, 7) is 15.4. The van der Waals surface area contributed by atoms with Crippen LogP contribution in [0.2, 0.25) is 0 Å². The number of ether oxygens (including phenoxy) is 4. The highest BCUT2D eigenvalue weighted by molar-refractivity contribution is 5.85. The van der Waals surface area contributed by atoms with Crippen LogP contribution in [0.4, 0.5) is 0 Å². The average Bonchev–Trinajstić information content (AvgIpc) is 3.66. The molecule has 1 atom stereocenters. The van der Waals surface area contributed by atoms with Crippen LogP contribution in [0.1, 0.15) is 76.2 Å². The van der Waals surface area contributed by atoms with Gasteiger partial charge in [-0.05, 0) is 107 Å². The molecule has 284 valence electrons. The minimum atomic E-state index is -0.325. The Morgan fingerprint density at radius 2 is 1.54 bits per heavy atom. The number of carbonyl (C=O) groups is 1. The van der Waals surface area contributed by atoms with Crippen LogP contribution < -0.4 is 14.2 Å². The Labute approximate surface area is 312 Å². The molecule has 1 unspecified atom stereocenters. The molecule has 1 saturated heterocycles. The molecule has 1 aromatic heterocycles. The van der Waals surface area contributed by atoms with Crippen molar-refractivity contribution < 1.29 is 23.7 Å². The molecule has 0 bridgehead atoms. The Kier molecular flexibility index (Phi) is 16.3. The smallest absolute Gasteiger partial charge is 0.229 e. The first-order valence-corrected chi connectivity index (χ1v) is 19.2. The van der Waals surface area contributed by atoms with E-state index in [1.54, 1.807) is 21.3 Å². The number of carbonyl (C=O) groups excluding carboxylic acids is 1. The van der Waals surface area contributed by atoms with E-state index in [1.165, 1.54) is 23.9 Å². The lowest BCUT2D eigenvalue weighted by Crippen LogP contribution is -2.38. The van der Waals surface area contributed by atoms with Crippen molar-refractivity contribution in [2.45, 2.75) is 85.7 Å². The quantitative estimate of drug-likeness (QED) is 0.0852. The van der Waals surface area contributed by atoms with E-state index >= 15 is 0 Å². The van der Waals surface area contributed by atoms with Crippen LogP contribution in [0, 0.1) is 12.3 Å². The van der Waals surface area contributed by atoms with Crippen LogP contribution in [-0.2, 0) is 29.0 Å². The maximum Gasteiger partial charge on any atom is 0.229 e. The van der Waals surface area contributed by atoms with Crippen molar-refractivity contribution in [1.29, 1.82) is 0 Å². The number of imidazole rings is 1. The van der Waals surface area contributed by atoms with Crippen molar-refractivity contribution in [2.24, 2.45) is 5.41 Å². The summed E-state index contributed by atoms with van der Waals surface area (Å²) in [5, 5.41) is 0. The molecule has 2 heterocycles. The van der Waals surface area contributed by atoms with Crippen LogP contribution in [-0.4, -0.2) is 86.0 Å². The standard InChI is InChI=1S/C31H46N2O4.C12H16N2O/c1-6-8-19-32(18-7-2)20-16-31(15-14-25-12-10-9-11-13-25)17-21-33(30(31)34)24-26-22-27(35-3)29(37-5)28(23-26)36-4;1-3-15-9-8-14-10(2)13-11-6-4-5-7-12(11)14/h9-13,22-23H,6-8,14-21,24H2,1-5H3;4-7H,3,8-9H2,1-2H3. The molecule has 0 aliphatic carbocycles. The first kappa shape index (κ1) is 40.7. The number of fused-ring (bicyclic) bond motifs is 1. The van der Waals surface area contributed by atoms with E-state index < -0.39 is 0 Å². The van der Waals surface area contributed by atoms with Gasteiger partial charge in [0.15, 0.2) is 11.5 Å². The number of unbranched alkanes of at least 4 members (excludes halogenated alkanes) is 1. The monoisotopic (exact) mass is 714 g/mol. The molecule has 52 heavy (non-hydrogen) atoms. The van der Waals surface area contributed by atoms with E-state index in [0.29, 0.717) is 23.8 Å². The number of hydrogen-bond donors (Lipinski definition) is 0. The molecule has 5 rings (SSSR count). The van der Waals surface area contributed by atoms with E-state index in [2.05, 4.69) is 64.7 Å². The highest BCUT2D eigenvalue weighted by atomic mass is 16.5. The average molecular weight is 715 g/mol. The van der Waals surface area contributed by atoms with Gasteiger partial charge in [-0.3, -0.25) is 4.79 Å². The van der Waals surface area contributed by atoms with Crippen molar-refractivity contribution in [3.05, 3.63) is 83.7 Å². The minimum Gasteiger partial charge on any atom is -0.493 e. The fourth-order valence-corrected chi connectivity index (χ4v) is 7.29. The largest absolute Gasteiger partial charge is 0.493 e. The van der Waals surface area contributed by atoms with Gasteiger partial charge in [0.1, 0.15) is 5.82 Å². The Bertz CT molecular complexity index is 1630. The Morgan fingerprint density at radius 3 is 2.19 bits per heavy atom. The highest BCUT2D eigenvalue weighted by Gasteiger charge is 2.46. The summed E-state index contributed by atoms with van der Waals surface area (Å²) >= 11 is 0. The summed E-state index contributed by atoms with van der Waals surface area (Å²) in [4.78, 5) is 23.2. The molecule has 0 saturated carbocycles. The van der Waals surface area contributed by atoms with E-state index in [4.69, 9.17) is 18.9 Å². The number of nitrogens with zero attached hydrogens (tertiary/aromatic N) is 4. The van der Waals surface area contributed by atoms with Crippen LogP contribution in [0.25, 0.3) is 11.0 Å². The number of rotatable bonds is 20. The number of amides is 1. The molecule has 1 aliphatic rings. The van der Waals surface area contributed by atoms with E-state index in [-0.39, 0.29) is 11.3 Å². The van der Waals surface area contributed by atoms with Crippen molar-refractivity contribution in [3.63, 3.8) is 0 Å². The molecule has 1 fully saturated rings. The van der Waals surface area contributed by atoms with Crippen LogP contribution in [0.3, 0.4) is 0 Å². The van der Waals surface area contributed by atoms with Gasteiger partial charge in [-0.1, -0.05) is 62.7 Å². The number of aryl methyl sites for hydroxylation is 2. The molecule has 9 heteroatoms. The van der Waals surface area contributed by atoms with Crippen molar-refractivity contribution in [3.8, 4) is 17.2 Å². The zero-order valence-electron chi connectivity index (χ0n) is 32.8. The molecule has 4 aromatic rings. The topological polar surface area (TPSA) is 78.3 Å². The van der Waals surface area contributed by atoms with Crippen LogP contribution in [0.15, 0.2) is 66.7 Å². The Balaban J connectivity index is 0.000000334. The third-order valence-corrected chi connectivity index (χ3v) is 10.2. The van der Waals surface area contributed by atoms with Crippen LogP contribution >= 0.6 is 0 Å². The van der Waals surface area contributed by atoms with Crippen LogP contribution in [0.5, 0.6) is 17.2 Å². The number of likely N-dealkylation sites (tertiary alicyclic amines) is 1. The molecular weight excluding hydrogens is 652 g/mol. The van der Waals surface area contributed by atoms with Gasteiger partial charge < -0.3 is 33.3 Å². The molecule has 3 aromatic carbocycles. The molecule has 9 nitrogen and oxygen atoms in total. The third-order valence-electron chi connectivity index (χ3n) is 10.2. The fourth-order valence-electron chi connectivity index (χ4n) is 7.29. The lowest BCUT2D eigenvalue weighted by atomic mass is 9.77. The number of para-hydroxylation sites is 2. The zero-order chi connectivity index (χ0) is 37.3. The number of methoxy groups -OCH3 is 3. The zero-order valence-corrected chi connectivity index (χ0v) is 32.8. The molecular formula is C43H62N4O5. The first-order valence-electron chi connectivity index (χ1n) is 19.2. The summed E-state index contributed by atoms with van der Waals surface area (Å²) in [5.41, 5.74) is 4.21. The van der Waals surface area contributed by atoms with Gasteiger partial charge in [0.05, 0.1) is 44.4 Å². The predicted octanol–water partition coefficient (Wildman–Crippen LogP) is 8.35. The Morgan fingerprint density at radius 1 is 0.827 bits per heavy atom. The molecule has 0 radical (unpaired) electrons. The molecule has 1 aliphatic heterocycles. The number of benzene rings is 3. The summed E-state index contributed by atoms with van der Waals surface area (Å²) in [7, 11) is 4.85. The van der Waals surface area contributed by atoms with E-state index in [1.807, 2.05) is 49.1 Å². The lowest BCUT2D eigenvalue weighted by molar-refractivity contribution is -0.137. The Hall–Kier alpha value is -4.08. The van der Waals surface area contributed by atoms with Gasteiger partial charge in [-0.25, -0.2) is 4.98 Å². The van der Waals surface area contributed by atoms with Gasteiger partial charge in [0.2, 0.25) is 11.7 Å². The van der Waals surface area contributed by atoms with Gasteiger partial charge in [0, 0.05) is 26.2 Å². The summed E-state index contributed by atoms with van der Waals surface area (Å²) < 4.78 is 24.1. The number of hydrogen-bond acceptors (Lipinski definition) is 7. The molecule has 0 spiro atoms. The normalized spacial score (nSPS) is 15.6. The van der Waals surface area contributed by atoms with Gasteiger partial charge in [-0.15, -0.1) is 0 Å². The second-order valence-electron chi connectivity index (χ2n) is 13.7. The summed E-state index contributed by atoms with van der Waals surface area (Å²) in [6, 6.07) is 22.7. The molecule has 1 amide bonds. The summed E-state index contributed by atoms with van der Waals surface area (Å²) in [5.74, 6) is 3.14. The van der Waals surface area contributed by atoms with Crippen molar-refractivity contribution in [1.82, 2.24) is 19.4 Å². The fraction of sp³-hybridized carbons (Fsp3) is 0.535. The summed E-state index contributed by atoms with van der Waals surface area (Å²) in [6.07, 6.45) is 7.16. The second kappa shape index (κ2) is 20.8. The minimum absolute atomic E-state index is 0.282. The van der Waals surface area contributed by atoms with Crippen molar-refractivity contribution >= 4 is 16.9 Å². The van der Waals surface area contributed by atoms with Crippen molar-refractivity contribution in [2.75, 3.05) is 60.7 Å². The van der Waals surface area contributed by atoms with Gasteiger partial charge in [0.25, 0.3) is 0 Å². The maximum absolute atomic E-state index is 14.1. The lowest BCUT2D eigenvalue weighted by Gasteiger charge is -2.31. The maximum atomic E-state index is 14.1. The highest BCUT2D eigenvalue weighted by Crippen LogP contribution is 2.43. The second-order valence-corrected chi connectivity index (χ2v) is 13.7. The molecule has 0 N–H and O–H groups in total. The third kappa shape index (κ3) is 10.7. The van der Waals surface area contributed by atoms with E-state index in [0.717, 1.165) is 94.9 Å². The predicted molar refractivity (Wildman–Crippen MR) is 211 cm³/mol. The number of aromatic nitrogens is 2. The van der Waals surface area contributed by atoms with Gasteiger partial charge >= 0.3 is 0 Å². The van der Waals surface area contributed by atoms with Gasteiger partial charge in [-0.2, -0.15) is 0 Å².